The molecule has 0 heterocycles. The van der Waals surface area contributed by atoms with Gasteiger partial charge in [-0.2, -0.15) is 16.8 Å². The Morgan fingerprint density at radius 3 is 1.10 bits per heavy atom. The summed E-state index contributed by atoms with van der Waals surface area (Å²) in [5.74, 6) is 0. The monoisotopic (exact) mass is 260 g/mol. The van der Waals surface area contributed by atoms with Crippen molar-refractivity contribution >= 4 is 37.9 Å². The van der Waals surface area contributed by atoms with Crippen LogP contribution in [0.2, 0.25) is 0 Å². The predicted molar refractivity (Wildman–Crippen MR) is 32.7 cm³/mol. The molecule has 0 unspecified atom stereocenters. The van der Waals surface area contributed by atoms with Gasteiger partial charge in [0.2, 0.25) is 0 Å². The average molecular weight is 259 g/mol. The Balaban J connectivity index is 0. The van der Waals surface area contributed by atoms with E-state index in [1.165, 1.54) is 0 Å². The third-order valence-corrected chi connectivity index (χ3v) is 1.55. The van der Waals surface area contributed by atoms with Gasteiger partial charge in [0.1, 0.15) is 0 Å². The second kappa shape index (κ2) is 3.62. The Morgan fingerprint density at radius 2 is 1.10 bits per heavy atom. The average Bonchev–Trinajstić information content (AvgIpc) is 1.14. The number of rotatable bonds is 2. The van der Waals surface area contributed by atoms with E-state index in [1.54, 1.807) is 0 Å². The first-order valence-electron chi connectivity index (χ1n) is 1.37. The molecule has 0 spiro atoms. The van der Waals surface area contributed by atoms with Crippen LogP contribution in [-0.4, -0.2) is 43.0 Å². The molecule has 0 radical (unpaired) electrons. The summed E-state index contributed by atoms with van der Waals surface area (Å²) >= 11 is 0. The molecule has 0 aliphatic carbocycles. The zero-order valence-corrected chi connectivity index (χ0v) is 7.98. The van der Waals surface area contributed by atoms with Crippen molar-refractivity contribution < 1.29 is 29.6 Å². The van der Waals surface area contributed by atoms with Crippen molar-refractivity contribution in [2.75, 3.05) is 0 Å². The Kier molecular flexibility index (Phi) is 4.68. The van der Waals surface area contributed by atoms with Gasteiger partial charge in [-0.15, -0.1) is 3.63 Å². The fraction of sp³-hybridized carbons (Fsp3) is 0. The van der Waals surface area contributed by atoms with Crippen LogP contribution >= 0.6 is 0 Å². The van der Waals surface area contributed by atoms with E-state index >= 15 is 0 Å². The Hall–Kier alpha value is 0.299. The zero-order valence-electron chi connectivity index (χ0n) is 4.25. The van der Waals surface area contributed by atoms with E-state index in [0.29, 0.717) is 0 Å². The summed E-state index contributed by atoms with van der Waals surface area (Å²) in [6.07, 6.45) is 0. The molecule has 0 aromatic rings. The van der Waals surface area contributed by atoms with Crippen molar-refractivity contribution in [2.45, 2.75) is 0 Å². The maximum absolute atomic E-state index is 9.44. The molecule has 10 heavy (non-hydrogen) atoms. The first kappa shape index (κ1) is 12.9. The molecule has 2 N–H and O–H groups in total. The molecule has 0 saturated heterocycles. The van der Waals surface area contributed by atoms with Crippen molar-refractivity contribution in [3.8, 4) is 0 Å². The van der Waals surface area contributed by atoms with Gasteiger partial charge < -0.3 is 0 Å². The summed E-state index contributed by atoms with van der Waals surface area (Å²) in [5, 5.41) is 0. The molecule has 0 aromatic carbocycles. The van der Waals surface area contributed by atoms with Gasteiger partial charge >= 0.3 is 37.9 Å². The Morgan fingerprint density at radius 1 is 0.900 bits per heavy atom. The zero-order chi connectivity index (χ0) is 7.71. The minimum atomic E-state index is -5.12. The first-order chi connectivity index (χ1) is 3.71. The molecule has 0 atom stereocenters. The molecule has 0 aromatic heterocycles. The van der Waals surface area contributed by atoms with Crippen LogP contribution in [0.3, 0.4) is 0 Å². The van der Waals surface area contributed by atoms with Gasteiger partial charge in [0.15, 0.2) is 0 Å². The normalized spacial score (nSPS) is 12.2. The van der Waals surface area contributed by atoms with Crippen molar-refractivity contribution in [1.82, 2.24) is 0 Å². The van der Waals surface area contributed by atoms with E-state index in [0.717, 1.165) is 0 Å². The molecular weight excluding hydrogens is 255 g/mol. The fourth-order valence-corrected chi connectivity index (χ4v) is 0.978. The summed E-state index contributed by atoms with van der Waals surface area (Å²) in [6, 6.07) is 0. The third-order valence-electron chi connectivity index (χ3n) is 0.172. The van der Waals surface area contributed by atoms with Crippen LogP contribution in [0.5, 0.6) is 0 Å². The molecule has 0 rings (SSSR count). The van der Waals surface area contributed by atoms with Gasteiger partial charge in [0, 0.05) is 0 Å². The predicted octanol–water partition coefficient (Wildman–Crippen LogP) is -2.31. The first-order valence-corrected chi connectivity index (χ1v) is 4.10. The summed E-state index contributed by atoms with van der Waals surface area (Å²) in [4.78, 5) is 0. The minimum absolute atomic E-state index is 0. The summed E-state index contributed by atoms with van der Waals surface area (Å²) in [7, 11) is -10.2. The van der Waals surface area contributed by atoms with Crippen LogP contribution in [0.25, 0.3) is 0 Å². The topological polar surface area (TPSA) is 118 Å². The molecule has 0 aliphatic heterocycles. The standard InChI is InChI=1S/H2O7S2.H2Se/c1-8(2,3)7-9(4,5)6;/h(H,1,2,3)(H,4,5,6);1H2. The number of hydrogen-bond donors (Lipinski definition) is 2. The third kappa shape index (κ3) is 11.1. The van der Waals surface area contributed by atoms with E-state index in [9.17, 15) is 16.8 Å². The van der Waals surface area contributed by atoms with Crippen LogP contribution in [0.1, 0.15) is 0 Å². The van der Waals surface area contributed by atoms with E-state index < -0.39 is 20.8 Å². The van der Waals surface area contributed by atoms with Crippen molar-refractivity contribution in [3.05, 3.63) is 0 Å². The summed E-state index contributed by atoms with van der Waals surface area (Å²) < 4.78 is 55.6. The molecule has 64 valence electrons. The molecule has 0 saturated carbocycles. The molecule has 0 bridgehead atoms. The van der Waals surface area contributed by atoms with Crippen LogP contribution in [0.4, 0.5) is 0 Å². The second-order valence-corrected chi connectivity index (χ2v) is 3.18. The fourth-order valence-electron chi connectivity index (χ4n) is 0.109. The van der Waals surface area contributed by atoms with Gasteiger partial charge in [-0.1, -0.05) is 0 Å². The van der Waals surface area contributed by atoms with Gasteiger partial charge in [0.05, 0.1) is 0 Å². The molecule has 7 nitrogen and oxygen atoms in total. The molecular formula is H4O7S2Se. The number of hydrogen-bond acceptors (Lipinski definition) is 5. The molecule has 0 aliphatic rings. The van der Waals surface area contributed by atoms with Crippen LogP contribution < -0.4 is 0 Å². The van der Waals surface area contributed by atoms with E-state index in [-0.39, 0.29) is 17.1 Å². The van der Waals surface area contributed by atoms with Crippen LogP contribution in [0, 0.1) is 0 Å². The molecule has 0 fully saturated rings. The van der Waals surface area contributed by atoms with Crippen LogP contribution in [0.15, 0.2) is 0 Å². The van der Waals surface area contributed by atoms with Gasteiger partial charge in [-0.25, -0.2) is 0 Å². The van der Waals surface area contributed by atoms with Gasteiger partial charge in [-0.05, 0) is 0 Å². The maximum atomic E-state index is 9.44. The van der Waals surface area contributed by atoms with E-state index in [4.69, 9.17) is 9.11 Å². The second-order valence-electron chi connectivity index (χ2n) is 0.924. The van der Waals surface area contributed by atoms with Crippen molar-refractivity contribution in [2.24, 2.45) is 0 Å². The summed E-state index contributed by atoms with van der Waals surface area (Å²) in [5.41, 5.74) is 0. The van der Waals surface area contributed by atoms with Crippen molar-refractivity contribution in [3.63, 3.8) is 0 Å². The van der Waals surface area contributed by atoms with E-state index in [2.05, 4.69) is 3.63 Å². The van der Waals surface area contributed by atoms with E-state index in [1.807, 2.05) is 0 Å². The van der Waals surface area contributed by atoms with Gasteiger partial charge in [-0.3, -0.25) is 9.11 Å². The quantitative estimate of drug-likeness (QED) is 0.422. The SMILES string of the molecule is O=S(=O)(O)OS(=O)(=O)O.[SeH2]. The molecule has 10 heteroatoms. The Bertz CT molecular complexity index is 237. The Labute approximate surface area is 67.8 Å². The summed E-state index contributed by atoms with van der Waals surface area (Å²) in [6.45, 7) is 0. The van der Waals surface area contributed by atoms with Crippen LogP contribution in [-0.2, 0) is 24.4 Å². The molecule has 0 amide bonds. The van der Waals surface area contributed by atoms with Gasteiger partial charge in [0.25, 0.3) is 0 Å². The van der Waals surface area contributed by atoms with Crippen molar-refractivity contribution in [1.29, 1.82) is 0 Å².